The number of carbonyl (C=O) groups is 1. The van der Waals surface area contributed by atoms with Crippen LogP contribution < -0.4 is 5.32 Å². The van der Waals surface area contributed by atoms with Crippen molar-refractivity contribution in [2.45, 2.75) is 13.5 Å². The number of carbonyl (C=O) groups excluding carboxylic acids is 1. The summed E-state index contributed by atoms with van der Waals surface area (Å²) in [5, 5.41) is 7.19. The van der Waals surface area contributed by atoms with E-state index in [1.165, 1.54) is 0 Å². The summed E-state index contributed by atoms with van der Waals surface area (Å²) in [5.74, 6) is -0.0571. The number of aryl methyl sites for hydroxylation is 1. The lowest BCUT2D eigenvalue weighted by atomic mass is 10.1. The molecule has 4 heteroatoms. The van der Waals surface area contributed by atoms with E-state index in [4.69, 9.17) is 0 Å². The minimum absolute atomic E-state index is 0.0571. The van der Waals surface area contributed by atoms with Crippen molar-refractivity contribution >= 4 is 11.4 Å². The molecule has 0 aliphatic carbocycles. The molecule has 1 N–H and O–H groups in total. The molecular weight excluding hydrogens is 250 g/mol. The highest BCUT2D eigenvalue weighted by Gasteiger charge is 2.09. The number of rotatable bonds is 3. The lowest BCUT2D eigenvalue weighted by Crippen LogP contribution is -2.23. The standard InChI is InChI=1S/C16H15N3O/c1-12-6-2-3-7-14(12)16(20)17-10-13-11-18-19-9-5-4-8-15(13)19/h2-9,11H,10H2,1H3,(H,17,20). The molecule has 0 radical (unpaired) electrons. The van der Waals surface area contributed by atoms with Crippen LogP contribution in [0.25, 0.3) is 5.52 Å². The van der Waals surface area contributed by atoms with Crippen molar-refractivity contribution in [3.05, 3.63) is 71.5 Å². The van der Waals surface area contributed by atoms with Gasteiger partial charge in [0.25, 0.3) is 5.91 Å². The summed E-state index contributed by atoms with van der Waals surface area (Å²) >= 11 is 0. The lowest BCUT2D eigenvalue weighted by molar-refractivity contribution is 0.0950. The molecule has 0 aliphatic rings. The van der Waals surface area contributed by atoms with Crippen molar-refractivity contribution in [3.8, 4) is 0 Å². The van der Waals surface area contributed by atoms with Crippen molar-refractivity contribution in [3.63, 3.8) is 0 Å². The Kier molecular flexibility index (Phi) is 3.21. The zero-order chi connectivity index (χ0) is 13.9. The summed E-state index contributed by atoms with van der Waals surface area (Å²) in [4.78, 5) is 12.2. The third-order valence-electron chi connectivity index (χ3n) is 3.34. The molecule has 0 saturated heterocycles. The molecule has 3 aromatic rings. The molecule has 0 aliphatic heterocycles. The monoisotopic (exact) mass is 265 g/mol. The van der Waals surface area contributed by atoms with E-state index >= 15 is 0 Å². The molecule has 2 aromatic heterocycles. The van der Waals surface area contributed by atoms with Gasteiger partial charge in [-0.25, -0.2) is 4.52 Å². The van der Waals surface area contributed by atoms with E-state index in [0.29, 0.717) is 12.1 Å². The summed E-state index contributed by atoms with van der Waals surface area (Å²) in [6.45, 7) is 2.41. The van der Waals surface area contributed by atoms with Gasteiger partial charge in [-0.15, -0.1) is 0 Å². The van der Waals surface area contributed by atoms with Crippen LogP contribution in [0.2, 0.25) is 0 Å². The largest absolute Gasteiger partial charge is 0.348 e. The Balaban J connectivity index is 1.77. The first-order chi connectivity index (χ1) is 9.75. The number of hydrogen-bond acceptors (Lipinski definition) is 2. The molecule has 0 saturated carbocycles. The van der Waals surface area contributed by atoms with E-state index < -0.39 is 0 Å². The topological polar surface area (TPSA) is 46.4 Å². The van der Waals surface area contributed by atoms with Gasteiger partial charge in [-0.1, -0.05) is 24.3 Å². The average molecular weight is 265 g/mol. The van der Waals surface area contributed by atoms with E-state index in [-0.39, 0.29) is 5.91 Å². The van der Waals surface area contributed by atoms with Crippen LogP contribution in [-0.4, -0.2) is 15.5 Å². The Morgan fingerprint density at radius 3 is 2.85 bits per heavy atom. The summed E-state index contributed by atoms with van der Waals surface area (Å²) < 4.78 is 1.80. The molecule has 0 unspecified atom stereocenters. The maximum atomic E-state index is 12.2. The zero-order valence-electron chi connectivity index (χ0n) is 11.2. The van der Waals surface area contributed by atoms with Crippen molar-refractivity contribution in [1.82, 2.24) is 14.9 Å². The second-order valence-corrected chi connectivity index (χ2v) is 4.70. The maximum Gasteiger partial charge on any atom is 0.251 e. The Morgan fingerprint density at radius 2 is 2.00 bits per heavy atom. The molecule has 0 spiro atoms. The van der Waals surface area contributed by atoms with Crippen LogP contribution in [0, 0.1) is 6.92 Å². The number of amides is 1. The van der Waals surface area contributed by atoms with E-state index in [1.807, 2.05) is 55.6 Å². The molecule has 0 atom stereocenters. The molecule has 0 fully saturated rings. The highest BCUT2D eigenvalue weighted by molar-refractivity contribution is 5.95. The quantitative estimate of drug-likeness (QED) is 0.791. The highest BCUT2D eigenvalue weighted by atomic mass is 16.1. The van der Waals surface area contributed by atoms with Gasteiger partial charge in [-0.05, 0) is 30.7 Å². The lowest BCUT2D eigenvalue weighted by Gasteiger charge is -2.06. The second-order valence-electron chi connectivity index (χ2n) is 4.70. The average Bonchev–Trinajstić information content (AvgIpc) is 2.88. The fourth-order valence-corrected chi connectivity index (χ4v) is 2.22. The number of pyridine rings is 1. The van der Waals surface area contributed by atoms with Gasteiger partial charge in [-0.2, -0.15) is 5.10 Å². The normalized spacial score (nSPS) is 10.7. The minimum Gasteiger partial charge on any atom is -0.348 e. The fraction of sp³-hybridized carbons (Fsp3) is 0.125. The van der Waals surface area contributed by atoms with Crippen LogP contribution in [0.5, 0.6) is 0 Å². The summed E-state index contributed by atoms with van der Waals surface area (Å²) in [7, 11) is 0. The number of hydrogen-bond donors (Lipinski definition) is 1. The van der Waals surface area contributed by atoms with Gasteiger partial charge in [0.1, 0.15) is 0 Å². The molecule has 3 rings (SSSR count). The van der Waals surface area contributed by atoms with E-state index in [9.17, 15) is 4.79 Å². The van der Waals surface area contributed by atoms with Gasteiger partial charge < -0.3 is 5.32 Å². The number of fused-ring (bicyclic) bond motifs is 1. The predicted molar refractivity (Wildman–Crippen MR) is 77.5 cm³/mol. The van der Waals surface area contributed by atoms with Crippen LogP contribution >= 0.6 is 0 Å². The third-order valence-corrected chi connectivity index (χ3v) is 3.34. The highest BCUT2D eigenvalue weighted by Crippen LogP contribution is 2.11. The Bertz CT molecular complexity index is 761. The van der Waals surface area contributed by atoms with Crippen LogP contribution in [0.3, 0.4) is 0 Å². The van der Waals surface area contributed by atoms with Crippen LogP contribution in [-0.2, 0) is 6.54 Å². The summed E-state index contributed by atoms with van der Waals surface area (Å²) in [6, 6.07) is 13.4. The first-order valence-electron chi connectivity index (χ1n) is 6.51. The molecule has 100 valence electrons. The Labute approximate surface area is 117 Å². The van der Waals surface area contributed by atoms with E-state index in [0.717, 1.165) is 16.6 Å². The zero-order valence-corrected chi connectivity index (χ0v) is 11.2. The van der Waals surface area contributed by atoms with Gasteiger partial charge in [0.05, 0.1) is 11.7 Å². The van der Waals surface area contributed by atoms with Gasteiger partial charge in [0.15, 0.2) is 0 Å². The third kappa shape index (κ3) is 2.28. The molecule has 20 heavy (non-hydrogen) atoms. The van der Waals surface area contributed by atoms with Gasteiger partial charge in [0.2, 0.25) is 0 Å². The van der Waals surface area contributed by atoms with Crippen LogP contribution in [0.15, 0.2) is 54.9 Å². The fourth-order valence-electron chi connectivity index (χ4n) is 2.22. The maximum absolute atomic E-state index is 12.2. The van der Waals surface area contributed by atoms with Crippen LogP contribution in [0.1, 0.15) is 21.5 Å². The van der Waals surface area contributed by atoms with Crippen molar-refractivity contribution in [2.75, 3.05) is 0 Å². The van der Waals surface area contributed by atoms with Crippen LogP contribution in [0.4, 0.5) is 0 Å². The molecule has 1 aromatic carbocycles. The van der Waals surface area contributed by atoms with Crippen molar-refractivity contribution < 1.29 is 4.79 Å². The number of aromatic nitrogens is 2. The Morgan fingerprint density at radius 1 is 1.20 bits per heavy atom. The molecule has 4 nitrogen and oxygen atoms in total. The first-order valence-corrected chi connectivity index (χ1v) is 6.51. The molecular formula is C16H15N3O. The smallest absolute Gasteiger partial charge is 0.251 e. The van der Waals surface area contributed by atoms with E-state index in [1.54, 1.807) is 10.7 Å². The molecule has 2 heterocycles. The first kappa shape index (κ1) is 12.4. The number of nitrogens with zero attached hydrogens (tertiary/aromatic N) is 2. The van der Waals surface area contributed by atoms with Crippen molar-refractivity contribution in [2.24, 2.45) is 0 Å². The van der Waals surface area contributed by atoms with Crippen molar-refractivity contribution in [1.29, 1.82) is 0 Å². The predicted octanol–water partition coefficient (Wildman–Crippen LogP) is 2.57. The minimum atomic E-state index is -0.0571. The summed E-state index contributed by atoms with van der Waals surface area (Å²) in [5.41, 5.74) is 3.71. The second kappa shape index (κ2) is 5.17. The molecule has 1 amide bonds. The van der Waals surface area contributed by atoms with Gasteiger partial charge in [0, 0.05) is 23.9 Å². The van der Waals surface area contributed by atoms with Gasteiger partial charge in [-0.3, -0.25) is 4.79 Å². The SMILES string of the molecule is Cc1ccccc1C(=O)NCc1cnn2ccccc12. The molecule has 0 bridgehead atoms. The summed E-state index contributed by atoms with van der Waals surface area (Å²) in [6.07, 6.45) is 3.68. The Hall–Kier alpha value is -2.62. The number of benzene rings is 1. The van der Waals surface area contributed by atoms with E-state index in [2.05, 4.69) is 10.4 Å². The van der Waals surface area contributed by atoms with Gasteiger partial charge >= 0.3 is 0 Å². The number of nitrogens with one attached hydrogen (secondary N) is 1.